The quantitative estimate of drug-likeness (QED) is 0.672. The van der Waals surface area contributed by atoms with Crippen molar-refractivity contribution in [1.29, 1.82) is 0 Å². The highest BCUT2D eigenvalue weighted by Gasteiger charge is 2.38. The molecule has 0 spiro atoms. The maximum absolute atomic E-state index is 12.5. The predicted octanol–water partition coefficient (Wildman–Crippen LogP) is 2.54. The summed E-state index contributed by atoms with van der Waals surface area (Å²) in [6.07, 6.45) is 3.43. The maximum Gasteiger partial charge on any atom is 0.350 e. The van der Waals surface area contributed by atoms with E-state index in [1.807, 2.05) is 23.1 Å². The first-order valence-corrected chi connectivity index (χ1v) is 10.9. The first-order chi connectivity index (χ1) is 14.1. The number of carbonyl (C=O) groups is 3. The van der Waals surface area contributed by atoms with Gasteiger partial charge in [-0.05, 0) is 36.5 Å². The van der Waals surface area contributed by atoms with Crippen molar-refractivity contribution in [2.75, 3.05) is 37.6 Å². The molecule has 1 unspecified atom stereocenters. The van der Waals surface area contributed by atoms with Crippen molar-refractivity contribution in [1.82, 2.24) is 9.80 Å². The Balaban J connectivity index is 1.18. The summed E-state index contributed by atoms with van der Waals surface area (Å²) in [5.41, 5.74) is 1.74. The van der Waals surface area contributed by atoms with E-state index in [2.05, 4.69) is 22.0 Å². The first-order valence-electron chi connectivity index (χ1n) is 9.97. The number of hydrogen-bond donors (Lipinski definition) is 0. The second-order valence-corrected chi connectivity index (χ2v) is 8.30. The van der Waals surface area contributed by atoms with Crippen LogP contribution in [0.15, 0.2) is 46.8 Å². The van der Waals surface area contributed by atoms with Crippen LogP contribution in [0.2, 0.25) is 0 Å². The van der Waals surface area contributed by atoms with Crippen LogP contribution in [-0.4, -0.2) is 71.3 Å². The number of para-hydroxylation sites is 1. The van der Waals surface area contributed by atoms with Gasteiger partial charge in [0.1, 0.15) is 5.25 Å². The summed E-state index contributed by atoms with van der Waals surface area (Å²) in [6.45, 7) is 3.43. The molecule has 3 aliphatic heterocycles. The van der Waals surface area contributed by atoms with Gasteiger partial charge in [-0.2, -0.15) is 4.99 Å². The first kappa shape index (κ1) is 19.7. The minimum atomic E-state index is -0.489. The number of hydrogen-bond acceptors (Lipinski definition) is 5. The molecule has 0 aliphatic carbocycles. The summed E-state index contributed by atoms with van der Waals surface area (Å²) in [5.74, 6) is -0.0526. The van der Waals surface area contributed by atoms with E-state index >= 15 is 0 Å². The van der Waals surface area contributed by atoms with Crippen LogP contribution in [-0.2, 0) is 9.59 Å². The fourth-order valence-corrected chi connectivity index (χ4v) is 4.68. The van der Waals surface area contributed by atoms with Gasteiger partial charge in [0.25, 0.3) is 0 Å². The number of thioether (sulfide) groups is 1. The smallest absolute Gasteiger partial charge is 0.350 e. The van der Waals surface area contributed by atoms with E-state index in [0.29, 0.717) is 31.5 Å². The van der Waals surface area contributed by atoms with Crippen molar-refractivity contribution in [3.8, 4) is 0 Å². The van der Waals surface area contributed by atoms with Gasteiger partial charge < -0.3 is 9.80 Å². The molecule has 7 nitrogen and oxygen atoms in total. The molecular weight excluding hydrogens is 388 g/mol. The highest BCUT2D eigenvalue weighted by Crippen LogP contribution is 2.28. The van der Waals surface area contributed by atoms with Gasteiger partial charge in [-0.3, -0.25) is 14.5 Å². The van der Waals surface area contributed by atoms with Crippen LogP contribution in [0.5, 0.6) is 0 Å². The van der Waals surface area contributed by atoms with Crippen LogP contribution in [0.3, 0.4) is 0 Å². The molecular formula is C21H24N4O3S. The second-order valence-electron chi connectivity index (χ2n) is 7.29. The Labute approximate surface area is 174 Å². The number of imide groups is 1. The van der Waals surface area contributed by atoms with Crippen LogP contribution in [0, 0.1) is 0 Å². The minimum absolute atomic E-state index is 0.143. The summed E-state index contributed by atoms with van der Waals surface area (Å²) in [6, 6.07) is 9.75. The predicted molar refractivity (Wildman–Crippen MR) is 114 cm³/mol. The van der Waals surface area contributed by atoms with Crippen LogP contribution in [0.1, 0.15) is 19.3 Å². The molecule has 0 aromatic heterocycles. The zero-order valence-electron chi connectivity index (χ0n) is 16.2. The Bertz CT molecular complexity index is 847. The SMILES string of the molecule is O=C(CCCCN1C(=O)N=C2C=CSC2C1=O)N1CCN(c2ccccc2)CC1. The number of rotatable bonds is 6. The van der Waals surface area contributed by atoms with Crippen LogP contribution in [0.25, 0.3) is 0 Å². The molecule has 1 atom stereocenters. The van der Waals surface area contributed by atoms with Gasteiger partial charge in [0, 0.05) is 44.8 Å². The van der Waals surface area contributed by atoms with Gasteiger partial charge in [-0.25, -0.2) is 4.79 Å². The third kappa shape index (κ3) is 4.37. The molecule has 29 heavy (non-hydrogen) atoms. The lowest BCUT2D eigenvalue weighted by molar-refractivity contribution is -0.131. The van der Waals surface area contributed by atoms with Crippen molar-refractivity contribution in [3.63, 3.8) is 0 Å². The molecule has 8 heteroatoms. The van der Waals surface area contributed by atoms with Crippen LogP contribution >= 0.6 is 11.8 Å². The number of unbranched alkanes of at least 4 members (excludes halogenated alkanes) is 1. The van der Waals surface area contributed by atoms with Gasteiger partial charge in [0.15, 0.2) is 0 Å². The lowest BCUT2D eigenvalue weighted by Crippen LogP contribution is -2.49. The highest BCUT2D eigenvalue weighted by atomic mass is 32.2. The molecule has 3 heterocycles. The van der Waals surface area contributed by atoms with E-state index in [-0.39, 0.29) is 17.1 Å². The number of fused-ring (bicyclic) bond motifs is 1. The number of carbonyl (C=O) groups excluding carboxylic acids is 3. The van der Waals surface area contributed by atoms with E-state index in [9.17, 15) is 14.4 Å². The van der Waals surface area contributed by atoms with E-state index in [0.717, 1.165) is 26.2 Å². The van der Waals surface area contributed by atoms with Crippen molar-refractivity contribution in [3.05, 3.63) is 41.8 Å². The molecule has 0 saturated carbocycles. The van der Waals surface area contributed by atoms with Crippen molar-refractivity contribution in [2.24, 2.45) is 4.99 Å². The molecule has 1 aromatic carbocycles. The Morgan fingerprint density at radius 2 is 1.83 bits per heavy atom. The largest absolute Gasteiger partial charge is 0.368 e. The molecule has 4 amide bonds. The van der Waals surface area contributed by atoms with Crippen molar-refractivity contribution < 1.29 is 14.4 Å². The Morgan fingerprint density at radius 3 is 2.59 bits per heavy atom. The number of piperazine rings is 1. The van der Waals surface area contributed by atoms with Gasteiger partial charge >= 0.3 is 6.03 Å². The van der Waals surface area contributed by atoms with E-state index in [4.69, 9.17) is 0 Å². The normalized spacial score (nSPS) is 21.4. The lowest BCUT2D eigenvalue weighted by Gasteiger charge is -2.36. The average Bonchev–Trinajstić information content (AvgIpc) is 3.22. The number of benzene rings is 1. The Morgan fingerprint density at radius 1 is 1.07 bits per heavy atom. The lowest BCUT2D eigenvalue weighted by atomic mass is 10.1. The second kappa shape index (κ2) is 8.82. The van der Waals surface area contributed by atoms with Gasteiger partial charge in [0.2, 0.25) is 11.8 Å². The van der Waals surface area contributed by atoms with E-state index in [1.54, 1.807) is 11.5 Å². The Kier molecular flexibility index (Phi) is 5.99. The Hall–Kier alpha value is -2.61. The number of urea groups is 1. The van der Waals surface area contributed by atoms with Crippen molar-refractivity contribution in [2.45, 2.75) is 24.5 Å². The zero-order chi connectivity index (χ0) is 20.2. The molecule has 152 valence electrons. The van der Waals surface area contributed by atoms with Gasteiger partial charge in [-0.1, -0.05) is 18.2 Å². The summed E-state index contributed by atoms with van der Waals surface area (Å²) in [4.78, 5) is 46.4. The summed E-state index contributed by atoms with van der Waals surface area (Å²) >= 11 is 1.38. The highest BCUT2D eigenvalue weighted by molar-refractivity contribution is 8.04. The molecule has 0 bridgehead atoms. The minimum Gasteiger partial charge on any atom is -0.368 e. The van der Waals surface area contributed by atoms with E-state index < -0.39 is 6.03 Å². The molecule has 4 rings (SSSR count). The van der Waals surface area contributed by atoms with Crippen molar-refractivity contribution >= 4 is 41.0 Å². The third-order valence-electron chi connectivity index (χ3n) is 5.44. The van der Waals surface area contributed by atoms with Crippen LogP contribution in [0.4, 0.5) is 10.5 Å². The average molecular weight is 413 g/mol. The zero-order valence-corrected chi connectivity index (χ0v) is 17.0. The number of nitrogens with zero attached hydrogens (tertiary/aromatic N) is 4. The monoisotopic (exact) mass is 412 g/mol. The summed E-state index contributed by atoms with van der Waals surface area (Å²) < 4.78 is 0. The molecule has 3 aliphatic rings. The molecule has 0 radical (unpaired) electrons. The standard InChI is InChI=1S/C21H24N4O3S/c26-18(24-13-11-23(12-14-24)16-6-2-1-3-7-16)8-4-5-10-25-20(27)19-17(9-15-29-19)22-21(25)28/h1-3,6-7,9,15,19H,4-5,8,10-14H2. The number of amides is 4. The number of allylic oxidation sites excluding steroid dienone is 1. The topological polar surface area (TPSA) is 73.3 Å². The van der Waals surface area contributed by atoms with Crippen LogP contribution < -0.4 is 4.90 Å². The molecule has 0 N–H and O–H groups in total. The van der Waals surface area contributed by atoms with Gasteiger partial charge in [-0.15, -0.1) is 11.8 Å². The van der Waals surface area contributed by atoms with E-state index in [1.165, 1.54) is 22.3 Å². The maximum atomic E-state index is 12.5. The fourth-order valence-electron chi connectivity index (χ4n) is 3.79. The third-order valence-corrected chi connectivity index (χ3v) is 6.45. The molecule has 1 fully saturated rings. The van der Waals surface area contributed by atoms with Gasteiger partial charge in [0.05, 0.1) is 5.71 Å². The fraction of sp³-hybridized carbons (Fsp3) is 0.429. The number of aliphatic imine (C=N–C) groups is 1. The number of anilines is 1. The molecule has 1 aromatic rings. The molecule has 1 saturated heterocycles. The summed E-state index contributed by atoms with van der Waals surface area (Å²) in [5, 5.41) is 1.42. The summed E-state index contributed by atoms with van der Waals surface area (Å²) in [7, 11) is 0.